The summed E-state index contributed by atoms with van der Waals surface area (Å²) in [6.45, 7) is 0.594. The summed E-state index contributed by atoms with van der Waals surface area (Å²) < 4.78 is 18.3. The number of halogens is 1. The zero-order valence-electron chi connectivity index (χ0n) is 10.5. The molecule has 0 aliphatic heterocycles. The maximum Gasteiger partial charge on any atom is 0.305 e. The predicted octanol–water partition coefficient (Wildman–Crippen LogP) is 2.15. The van der Waals surface area contributed by atoms with Crippen LogP contribution in [0.1, 0.15) is 17.4 Å². The molecule has 7 heteroatoms. The molecule has 0 radical (unpaired) electrons. The third-order valence-corrected chi connectivity index (χ3v) is 2.77. The van der Waals surface area contributed by atoms with Crippen LogP contribution in [0, 0.1) is 15.9 Å². The van der Waals surface area contributed by atoms with Gasteiger partial charge in [0.15, 0.2) is 0 Å². The maximum atomic E-state index is 13.2. The molecule has 0 aliphatic carbocycles. The van der Waals surface area contributed by atoms with Gasteiger partial charge in [-0.05, 0) is 23.8 Å². The Hall–Kier alpha value is -2.25. The Labute approximate surface area is 114 Å². The number of aliphatic hydroxyl groups is 1. The monoisotopic (exact) mass is 280 g/mol. The number of nitro groups is 1. The van der Waals surface area contributed by atoms with E-state index in [2.05, 4.69) is 5.32 Å². The summed E-state index contributed by atoms with van der Waals surface area (Å²) in [6, 6.07) is 6.86. The average Bonchev–Trinajstić information content (AvgIpc) is 2.92. The maximum absolute atomic E-state index is 13.2. The second-order valence-corrected chi connectivity index (χ2v) is 4.19. The van der Waals surface area contributed by atoms with E-state index >= 15 is 0 Å². The molecule has 6 nitrogen and oxygen atoms in total. The third-order valence-electron chi connectivity index (χ3n) is 2.77. The zero-order valence-corrected chi connectivity index (χ0v) is 10.5. The Bertz CT molecular complexity index is 586. The van der Waals surface area contributed by atoms with Crippen LogP contribution in [0.3, 0.4) is 0 Å². The highest BCUT2D eigenvalue weighted by Crippen LogP contribution is 2.22. The number of nitrogens with zero attached hydrogens (tertiary/aromatic N) is 1. The zero-order chi connectivity index (χ0) is 14.5. The van der Waals surface area contributed by atoms with E-state index in [1.165, 1.54) is 12.3 Å². The SMILES string of the molecule is O=[N+]([O-])c1cc(C(O)CNCc2ccco2)ccc1F. The van der Waals surface area contributed by atoms with Gasteiger partial charge in [0.25, 0.3) is 0 Å². The van der Waals surface area contributed by atoms with Crippen molar-refractivity contribution in [3.63, 3.8) is 0 Å². The number of nitrogens with one attached hydrogen (secondary N) is 1. The lowest BCUT2D eigenvalue weighted by atomic mass is 10.1. The van der Waals surface area contributed by atoms with Crippen molar-refractivity contribution in [2.75, 3.05) is 6.54 Å². The number of furan rings is 1. The first-order valence-corrected chi connectivity index (χ1v) is 5.93. The minimum atomic E-state index is -0.968. The van der Waals surface area contributed by atoms with E-state index in [0.717, 1.165) is 12.1 Å². The fourth-order valence-electron chi connectivity index (χ4n) is 1.74. The number of nitro benzene ring substituents is 1. The normalized spacial score (nSPS) is 12.3. The summed E-state index contributed by atoms with van der Waals surface area (Å²) >= 11 is 0. The van der Waals surface area contributed by atoms with Crippen LogP contribution in [0.15, 0.2) is 41.0 Å². The molecule has 0 fully saturated rings. The van der Waals surface area contributed by atoms with Crippen LogP contribution in [0.5, 0.6) is 0 Å². The van der Waals surface area contributed by atoms with E-state index in [-0.39, 0.29) is 12.1 Å². The van der Waals surface area contributed by atoms with Crippen molar-refractivity contribution in [2.45, 2.75) is 12.6 Å². The molecule has 0 aliphatic rings. The smallest absolute Gasteiger partial charge is 0.305 e. The highest BCUT2D eigenvalue weighted by molar-refractivity contribution is 5.37. The molecule has 2 rings (SSSR count). The van der Waals surface area contributed by atoms with Crippen molar-refractivity contribution in [1.29, 1.82) is 0 Å². The quantitative estimate of drug-likeness (QED) is 0.625. The van der Waals surface area contributed by atoms with Crippen molar-refractivity contribution in [1.82, 2.24) is 5.32 Å². The first kappa shape index (κ1) is 14.2. The Balaban J connectivity index is 1.96. The van der Waals surface area contributed by atoms with Crippen LogP contribution in [0.4, 0.5) is 10.1 Å². The van der Waals surface area contributed by atoms with E-state index in [1.54, 1.807) is 12.1 Å². The molecule has 0 bridgehead atoms. The van der Waals surface area contributed by atoms with Crippen molar-refractivity contribution < 1.29 is 18.8 Å². The van der Waals surface area contributed by atoms with Crippen LogP contribution in [0.2, 0.25) is 0 Å². The standard InChI is InChI=1S/C13H13FN2O4/c14-11-4-3-9(6-12(11)16(18)19)13(17)8-15-7-10-2-1-5-20-10/h1-6,13,15,17H,7-8H2. The third kappa shape index (κ3) is 3.40. The van der Waals surface area contributed by atoms with Gasteiger partial charge in [-0.3, -0.25) is 10.1 Å². The van der Waals surface area contributed by atoms with Gasteiger partial charge in [0.05, 0.1) is 23.8 Å². The van der Waals surface area contributed by atoms with Gasteiger partial charge >= 0.3 is 5.69 Å². The Kier molecular flexibility index (Phi) is 4.44. The molecule has 1 aromatic carbocycles. The van der Waals surface area contributed by atoms with Crippen LogP contribution in [0.25, 0.3) is 0 Å². The highest BCUT2D eigenvalue weighted by atomic mass is 19.1. The molecule has 106 valence electrons. The van der Waals surface area contributed by atoms with Gasteiger partial charge in [-0.1, -0.05) is 6.07 Å². The largest absolute Gasteiger partial charge is 0.468 e. The van der Waals surface area contributed by atoms with Crippen LogP contribution >= 0.6 is 0 Å². The van der Waals surface area contributed by atoms with E-state index < -0.39 is 22.5 Å². The molecule has 1 atom stereocenters. The molecular weight excluding hydrogens is 267 g/mol. The van der Waals surface area contributed by atoms with Gasteiger partial charge < -0.3 is 14.8 Å². The molecule has 1 heterocycles. The summed E-state index contributed by atoms with van der Waals surface area (Å²) in [7, 11) is 0. The molecule has 1 aromatic heterocycles. The second-order valence-electron chi connectivity index (χ2n) is 4.19. The molecule has 2 N–H and O–H groups in total. The van der Waals surface area contributed by atoms with Crippen molar-refractivity contribution in [3.05, 3.63) is 63.9 Å². The molecule has 0 saturated heterocycles. The fraction of sp³-hybridized carbons (Fsp3) is 0.231. The van der Waals surface area contributed by atoms with E-state index in [9.17, 15) is 19.6 Å². The molecular formula is C13H13FN2O4. The van der Waals surface area contributed by atoms with Crippen LogP contribution < -0.4 is 5.32 Å². The molecule has 20 heavy (non-hydrogen) atoms. The summed E-state index contributed by atoms with van der Waals surface area (Å²) in [5.74, 6) is -0.211. The van der Waals surface area contributed by atoms with Gasteiger partial charge in [0.2, 0.25) is 5.82 Å². The Morgan fingerprint density at radius 1 is 1.45 bits per heavy atom. The van der Waals surface area contributed by atoms with E-state index in [0.29, 0.717) is 12.3 Å². The Morgan fingerprint density at radius 2 is 2.25 bits per heavy atom. The van der Waals surface area contributed by atoms with E-state index in [4.69, 9.17) is 4.42 Å². The molecule has 1 unspecified atom stereocenters. The van der Waals surface area contributed by atoms with Gasteiger partial charge in [-0.25, -0.2) is 0 Å². The molecule has 0 spiro atoms. The summed E-state index contributed by atoms with van der Waals surface area (Å²) in [6.07, 6.45) is 0.570. The number of aliphatic hydroxyl groups excluding tert-OH is 1. The Morgan fingerprint density at radius 3 is 2.90 bits per heavy atom. The highest BCUT2D eigenvalue weighted by Gasteiger charge is 2.17. The fourth-order valence-corrected chi connectivity index (χ4v) is 1.74. The lowest BCUT2D eigenvalue weighted by Crippen LogP contribution is -2.21. The average molecular weight is 280 g/mol. The topological polar surface area (TPSA) is 88.5 Å². The van der Waals surface area contributed by atoms with E-state index in [1.807, 2.05) is 0 Å². The second kappa shape index (κ2) is 6.27. The number of benzene rings is 1. The minimum Gasteiger partial charge on any atom is -0.468 e. The van der Waals surface area contributed by atoms with Gasteiger partial charge in [-0.2, -0.15) is 4.39 Å². The lowest BCUT2D eigenvalue weighted by Gasteiger charge is -2.11. The first-order valence-electron chi connectivity index (χ1n) is 5.93. The first-order chi connectivity index (χ1) is 9.58. The number of rotatable bonds is 6. The molecule has 2 aromatic rings. The van der Waals surface area contributed by atoms with Crippen molar-refractivity contribution in [3.8, 4) is 0 Å². The number of hydrogen-bond acceptors (Lipinski definition) is 5. The lowest BCUT2D eigenvalue weighted by molar-refractivity contribution is -0.387. The van der Waals surface area contributed by atoms with Gasteiger partial charge in [0, 0.05) is 12.6 Å². The molecule has 0 amide bonds. The molecule has 0 saturated carbocycles. The van der Waals surface area contributed by atoms with Gasteiger partial charge in [-0.15, -0.1) is 0 Å². The van der Waals surface area contributed by atoms with Crippen molar-refractivity contribution >= 4 is 5.69 Å². The summed E-state index contributed by atoms with van der Waals surface area (Å²) in [4.78, 5) is 9.80. The number of hydrogen-bond donors (Lipinski definition) is 2. The summed E-state index contributed by atoms with van der Waals surface area (Å²) in [5, 5.41) is 23.5. The minimum absolute atomic E-state index is 0.170. The van der Waals surface area contributed by atoms with Crippen molar-refractivity contribution in [2.24, 2.45) is 0 Å². The van der Waals surface area contributed by atoms with Crippen LogP contribution in [-0.2, 0) is 6.54 Å². The summed E-state index contributed by atoms with van der Waals surface area (Å²) in [5.41, 5.74) is -0.363. The predicted molar refractivity (Wildman–Crippen MR) is 68.4 cm³/mol. The van der Waals surface area contributed by atoms with Crippen LogP contribution in [-0.4, -0.2) is 16.6 Å². The van der Waals surface area contributed by atoms with Gasteiger partial charge in [0.1, 0.15) is 5.76 Å².